The van der Waals surface area contributed by atoms with Gasteiger partial charge in [-0.2, -0.15) is 0 Å². The van der Waals surface area contributed by atoms with E-state index in [1.807, 2.05) is 0 Å². The van der Waals surface area contributed by atoms with Gasteiger partial charge < -0.3 is 27.9 Å². The summed E-state index contributed by atoms with van der Waals surface area (Å²) >= 11 is 0. The Morgan fingerprint density at radius 1 is 0.862 bits per heavy atom. The maximum Gasteiger partial charge on any atom is 0.278 e. The van der Waals surface area contributed by atoms with Crippen LogP contribution < -0.4 is 33.6 Å². The number of nitrogens with one attached hydrogen (secondary N) is 3. The molecule has 0 fully saturated rings. The second-order valence-electron chi connectivity index (χ2n) is 6.54. The molecule has 4 amide bonds. The van der Waals surface area contributed by atoms with Crippen LogP contribution in [0.3, 0.4) is 0 Å². The van der Waals surface area contributed by atoms with Crippen molar-refractivity contribution in [2.45, 2.75) is 50.6 Å². The van der Waals surface area contributed by atoms with E-state index in [9.17, 15) is 19.2 Å². The van der Waals surface area contributed by atoms with Crippen LogP contribution in [0.5, 0.6) is 0 Å². The number of rotatable bonds is 12. The van der Waals surface area contributed by atoms with Crippen molar-refractivity contribution in [1.29, 1.82) is 0 Å². The van der Waals surface area contributed by atoms with Crippen molar-refractivity contribution in [1.82, 2.24) is 20.6 Å². The summed E-state index contributed by atoms with van der Waals surface area (Å²) in [6.07, 6.45) is 4.53. The molecule has 1 aromatic heterocycles. The number of nitrogens with zero attached hydrogens (tertiary/aromatic N) is 1. The first-order valence-corrected chi connectivity index (χ1v) is 9.46. The van der Waals surface area contributed by atoms with Crippen LogP contribution in [0.1, 0.15) is 59.5 Å². The first-order chi connectivity index (χ1) is 13.8. The molecule has 0 bridgehead atoms. The van der Waals surface area contributed by atoms with Gasteiger partial charge in [-0.25, -0.2) is 4.98 Å². The van der Waals surface area contributed by atoms with E-state index in [1.54, 1.807) is 0 Å². The Morgan fingerprint density at radius 3 is 1.83 bits per heavy atom. The molecule has 162 valence electrons. The van der Waals surface area contributed by atoms with Gasteiger partial charge in [0.1, 0.15) is 5.69 Å². The van der Waals surface area contributed by atoms with Gasteiger partial charge in [0.2, 0.25) is 11.8 Å². The zero-order valence-corrected chi connectivity index (χ0v) is 16.3. The van der Waals surface area contributed by atoms with Crippen molar-refractivity contribution >= 4 is 23.6 Å². The van der Waals surface area contributed by atoms with E-state index in [-0.39, 0.29) is 11.4 Å². The second-order valence-corrected chi connectivity index (χ2v) is 6.54. The Labute approximate surface area is 168 Å². The average molecular weight is 410 g/mol. The molecule has 0 unspecified atom stereocenters. The third-order valence-electron chi connectivity index (χ3n) is 4.17. The molecule has 0 spiro atoms. The standard InChI is InChI=1S/C17H30N8O4/c18-7-3-1-5-10(20)14(26)24-16(28)12-13(23-9-22-12)17(29)25-15(27)11(21)6-2-4-8-19/h9-11H,1-8,18-21H2,(H,22,23)(H,24,26,28)(H,25,27,29)/t10-,11-/m0/s1. The highest BCUT2D eigenvalue weighted by atomic mass is 16.2. The third kappa shape index (κ3) is 8.07. The van der Waals surface area contributed by atoms with Gasteiger partial charge >= 0.3 is 0 Å². The van der Waals surface area contributed by atoms with E-state index < -0.39 is 35.7 Å². The molecule has 1 heterocycles. The molecule has 11 N–H and O–H groups in total. The van der Waals surface area contributed by atoms with Gasteiger partial charge in [-0.1, -0.05) is 12.8 Å². The summed E-state index contributed by atoms with van der Waals surface area (Å²) < 4.78 is 0. The predicted molar refractivity (Wildman–Crippen MR) is 105 cm³/mol. The van der Waals surface area contributed by atoms with Crippen molar-refractivity contribution in [3.63, 3.8) is 0 Å². The maximum absolute atomic E-state index is 12.3. The van der Waals surface area contributed by atoms with Crippen LogP contribution in [-0.4, -0.2) is 58.8 Å². The van der Waals surface area contributed by atoms with Gasteiger partial charge in [-0.15, -0.1) is 0 Å². The molecule has 2 atom stereocenters. The molecule has 0 saturated carbocycles. The van der Waals surface area contributed by atoms with Crippen LogP contribution >= 0.6 is 0 Å². The molecule has 0 aromatic carbocycles. The van der Waals surface area contributed by atoms with Crippen molar-refractivity contribution in [2.75, 3.05) is 13.1 Å². The third-order valence-corrected chi connectivity index (χ3v) is 4.17. The Morgan fingerprint density at radius 2 is 1.34 bits per heavy atom. The minimum Gasteiger partial charge on any atom is -0.340 e. The second kappa shape index (κ2) is 12.7. The molecule has 1 aromatic rings. The molecular weight excluding hydrogens is 380 g/mol. The summed E-state index contributed by atoms with van der Waals surface area (Å²) in [5, 5.41) is 4.20. The maximum atomic E-state index is 12.3. The smallest absolute Gasteiger partial charge is 0.278 e. The fourth-order valence-electron chi connectivity index (χ4n) is 2.45. The van der Waals surface area contributed by atoms with Gasteiger partial charge in [-0.05, 0) is 38.8 Å². The van der Waals surface area contributed by atoms with Gasteiger partial charge in [-0.3, -0.25) is 29.8 Å². The predicted octanol–water partition coefficient (Wildman–Crippen LogP) is -2.16. The highest BCUT2D eigenvalue weighted by molar-refractivity contribution is 6.13. The van der Waals surface area contributed by atoms with Crippen LogP contribution in [0.25, 0.3) is 0 Å². The molecule has 29 heavy (non-hydrogen) atoms. The number of H-pyrrole nitrogens is 1. The number of nitrogens with two attached hydrogens (primary N) is 4. The molecule has 1 rings (SSSR count). The summed E-state index contributed by atoms with van der Waals surface area (Å²) in [5.41, 5.74) is 21.6. The number of unbranched alkanes of at least 4 members (excludes halogenated alkanes) is 2. The van der Waals surface area contributed by atoms with E-state index in [0.717, 1.165) is 6.33 Å². The quantitative estimate of drug-likeness (QED) is 0.186. The summed E-state index contributed by atoms with van der Waals surface area (Å²) in [7, 11) is 0. The monoisotopic (exact) mass is 410 g/mol. The van der Waals surface area contributed by atoms with Gasteiger partial charge in [0, 0.05) is 0 Å². The van der Waals surface area contributed by atoms with Gasteiger partial charge in [0.05, 0.1) is 18.4 Å². The number of carbonyl (C=O) groups is 4. The molecule has 0 aliphatic carbocycles. The Kier molecular flexibility index (Phi) is 10.7. The van der Waals surface area contributed by atoms with Gasteiger partial charge in [0.15, 0.2) is 5.69 Å². The van der Waals surface area contributed by atoms with E-state index in [4.69, 9.17) is 22.9 Å². The Bertz CT molecular complexity index is 649. The minimum absolute atomic E-state index is 0.269. The number of imide groups is 2. The molecule has 0 radical (unpaired) electrons. The summed E-state index contributed by atoms with van der Waals surface area (Å²) in [5.74, 6) is -3.17. The van der Waals surface area contributed by atoms with Crippen LogP contribution in [-0.2, 0) is 9.59 Å². The first-order valence-electron chi connectivity index (χ1n) is 9.46. The van der Waals surface area contributed by atoms with E-state index in [0.29, 0.717) is 51.6 Å². The van der Waals surface area contributed by atoms with Crippen LogP contribution in [0.2, 0.25) is 0 Å². The molecular formula is C17H30N8O4. The number of hydrogen-bond donors (Lipinski definition) is 7. The number of carbonyl (C=O) groups excluding carboxylic acids is 4. The molecule has 0 aliphatic rings. The lowest BCUT2D eigenvalue weighted by Crippen LogP contribution is -2.45. The first kappa shape index (κ1) is 24.4. The largest absolute Gasteiger partial charge is 0.340 e. The average Bonchev–Trinajstić information content (AvgIpc) is 3.18. The zero-order valence-electron chi connectivity index (χ0n) is 16.3. The summed E-state index contributed by atoms with van der Waals surface area (Å²) in [6, 6.07) is -1.78. The number of aromatic nitrogens is 2. The minimum atomic E-state index is -0.907. The number of aromatic amines is 1. The van der Waals surface area contributed by atoms with Crippen molar-refractivity contribution in [3.05, 3.63) is 17.7 Å². The molecule has 0 saturated heterocycles. The number of hydrogen-bond acceptors (Lipinski definition) is 9. The van der Waals surface area contributed by atoms with E-state index in [1.165, 1.54) is 0 Å². The Balaban J connectivity index is 2.65. The molecule has 12 nitrogen and oxygen atoms in total. The normalized spacial score (nSPS) is 12.8. The highest BCUT2D eigenvalue weighted by Gasteiger charge is 2.26. The van der Waals surface area contributed by atoms with Gasteiger partial charge in [0.25, 0.3) is 11.8 Å². The zero-order chi connectivity index (χ0) is 21.8. The lowest BCUT2D eigenvalue weighted by Gasteiger charge is -2.12. The van der Waals surface area contributed by atoms with E-state index in [2.05, 4.69) is 20.6 Å². The fraction of sp³-hybridized carbons (Fsp3) is 0.588. The lowest BCUT2D eigenvalue weighted by atomic mass is 10.1. The van der Waals surface area contributed by atoms with Crippen LogP contribution in [0.15, 0.2) is 6.33 Å². The van der Waals surface area contributed by atoms with Crippen LogP contribution in [0, 0.1) is 0 Å². The number of imidazole rings is 1. The fourth-order valence-corrected chi connectivity index (χ4v) is 2.45. The summed E-state index contributed by atoms with van der Waals surface area (Å²) in [6.45, 7) is 0.962. The number of amides is 4. The SMILES string of the molecule is NCCCC[C@H](N)C(=O)NC(=O)c1nc[nH]c1C(=O)NC(=O)[C@@H](N)CCCCN. The highest BCUT2D eigenvalue weighted by Crippen LogP contribution is 2.05. The topological polar surface area (TPSA) is 225 Å². The van der Waals surface area contributed by atoms with Crippen molar-refractivity contribution < 1.29 is 19.2 Å². The lowest BCUT2D eigenvalue weighted by molar-refractivity contribution is -0.122. The van der Waals surface area contributed by atoms with Crippen molar-refractivity contribution in [3.8, 4) is 0 Å². The van der Waals surface area contributed by atoms with E-state index >= 15 is 0 Å². The molecule has 12 heteroatoms. The van der Waals surface area contributed by atoms with Crippen molar-refractivity contribution in [2.24, 2.45) is 22.9 Å². The Hall–Kier alpha value is -2.67. The van der Waals surface area contributed by atoms with Crippen LogP contribution in [0.4, 0.5) is 0 Å². The molecule has 0 aliphatic heterocycles. The summed E-state index contributed by atoms with van der Waals surface area (Å²) in [4.78, 5) is 54.8.